The Labute approximate surface area is 116 Å². The zero-order valence-electron chi connectivity index (χ0n) is 12.0. The van der Waals surface area contributed by atoms with Gasteiger partial charge in [-0.2, -0.15) is 11.8 Å². The molecule has 4 nitrogen and oxygen atoms in total. The summed E-state index contributed by atoms with van der Waals surface area (Å²) in [4.78, 5) is 6.80. The van der Waals surface area contributed by atoms with Crippen molar-refractivity contribution in [3.05, 3.63) is 0 Å². The molecule has 0 aromatic rings. The lowest BCUT2D eigenvalue weighted by atomic mass is 10.1. The molecule has 0 aliphatic carbocycles. The van der Waals surface area contributed by atoms with Gasteiger partial charge in [0.15, 0.2) is 5.96 Å². The zero-order valence-corrected chi connectivity index (χ0v) is 12.9. The first-order chi connectivity index (χ1) is 8.76. The van der Waals surface area contributed by atoms with Gasteiger partial charge in [0.25, 0.3) is 0 Å². The number of aliphatic imine (C=N–C) groups is 1. The van der Waals surface area contributed by atoms with Gasteiger partial charge in [0.1, 0.15) is 0 Å². The molecule has 1 fully saturated rings. The van der Waals surface area contributed by atoms with Crippen molar-refractivity contribution >= 4 is 17.7 Å². The standard InChI is InChI=1S/C13H28N4S/c1-12(11-17-7-4-5-8-17)10-16-13(14-2)15-6-9-18-3/h12H,4-11H2,1-3H3,(H2,14,15,16). The maximum Gasteiger partial charge on any atom is 0.191 e. The first-order valence-corrected chi connectivity index (χ1v) is 8.31. The molecule has 18 heavy (non-hydrogen) atoms. The molecule has 0 amide bonds. The summed E-state index contributed by atoms with van der Waals surface area (Å²) in [5, 5.41) is 6.73. The van der Waals surface area contributed by atoms with Gasteiger partial charge in [0.05, 0.1) is 0 Å². The highest BCUT2D eigenvalue weighted by Crippen LogP contribution is 2.09. The van der Waals surface area contributed by atoms with Crippen molar-refractivity contribution in [1.29, 1.82) is 0 Å². The summed E-state index contributed by atoms with van der Waals surface area (Å²) in [5.41, 5.74) is 0. The van der Waals surface area contributed by atoms with E-state index < -0.39 is 0 Å². The molecule has 1 aliphatic heterocycles. The number of likely N-dealkylation sites (tertiary alicyclic amines) is 1. The number of guanidine groups is 1. The highest BCUT2D eigenvalue weighted by Gasteiger charge is 2.14. The fourth-order valence-electron chi connectivity index (χ4n) is 2.23. The number of rotatable bonds is 7. The third kappa shape index (κ3) is 6.50. The van der Waals surface area contributed by atoms with Crippen LogP contribution in [0.3, 0.4) is 0 Å². The molecule has 1 heterocycles. The van der Waals surface area contributed by atoms with Crippen molar-refractivity contribution in [1.82, 2.24) is 15.5 Å². The van der Waals surface area contributed by atoms with Gasteiger partial charge in [0, 0.05) is 32.4 Å². The van der Waals surface area contributed by atoms with E-state index in [9.17, 15) is 0 Å². The second-order valence-electron chi connectivity index (χ2n) is 4.99. The largest absolute Gasteiger partial charge is 0.356 e. The van der Waals surface area contributed by atoms with Crippen molar-refractivity contribution < 1.29 is 0 Å². The van der Waals surface area contributed by atoms with Crippen LogP contribution in [0.5, 0.6) is 0 Å². The smallest absolute Gasteiger partial charge is 0.191 e. The molecule has 1 atom stereocenters. The van der Waals surface area contributed by atoms with Crippen molar-refractivity contribution in [2.24, 2.45) is 10.9 Å². The molecule has 0 bridgehead atoms. The van der Waals surface area contributed by atoms with Gasteiger partial charge < -0.3 is 15.5 Å². The predicted octanol–water partition coefficient (Wildman–Crippen LogP) is 1.25. The van der Waals surface area contributed by atoms with Gasteiger partial charge in [-0.15, -0.1) is 0 Å². The van der Waals surface area contributed by atoms with E-state index in [1.165, 1.54) is 32.5 Å². The third-order valence-electron chi connectivity index (χ3n) is 3.21. The summed E-state index contributed by atoms with van der Waals surface area (Å²) in [5.74, 6) is 2.71. The minimum atomic E-state index is 0.669. The Bertz CT molecular complexity index is 239. The molecule has 1 aliphatic rings. The van der Waals surface area contributed by atoms with Gasteiger partial charge in [-0.25, -0.2) is 0 Å². The first kappa shape index (κ1) is 15.6. The molecular weight excluding hydrogens is 244 g/mol. The van der Waals surface area contributed by atoms with Crippen LogP contribution in [0.1, 0.15) is 19.8 Å². The summed E-state index contributed by atoms with van der Waals surface area (Å²) in [7, 11) is 1.83. The fourth-order valence-corrected chi connectivity index (χ4v) is 2.54. The summed E-state index contributed by atoms with van der Waals surface area (Å²) >= 11 is 1.85. The normalized spacial score (nSPS) is 18.9. The summed E-state index contributed by atoms with van der Waals surface area (Å²) in [6, 6.07) is 0. The Kier molecular flexibility index (Phi) is 8.25. The van der Waals surface area contributed by atoms with E-state index >= 15 is 0 Å². The Balaban J connectivity index is 2.12. The lowest BCUT2D eigenvalue weighted by Gasteiger charge is -2.21. The molecular formula is C13H28N4S. The van der Waals surface area contributed by atoms with Gasteiger partial charge >= 0.3 is 0 Å². The van der Waals surface area contributed by atoms with E-state index in [0.29, 0.717) is 5.92 Å². The molecule has 106 valence electrons. The van der Waals surface area contributed by atoms with E-state index in [-0.39, 0.29) is 0 Å². The van der Waals surface area contributed by atoms with E-state index in [1.54, 1.807) is 0 Å². The molecule has 1 rings (SSSR count). The van der Waals surface area contributed by atoms with Gasteiger partial charge in [-0.3, -0.25) is 4.99 Å². The van der Waals surface area contributed by atoms with Crippen LogP contribution < -0.4 is 10.6 Å². The summed E-state index contributed by atoms with van der Waals surface area (Å²) in [6.07, 6.45) is 4.87. The Hall–Kier alpha value is -0.420. The van der Waals surface area contributed by atoms with Crippen LogP contribution in [0.25, 0.3) is 0 Å². The molecule has 1 unspecified atom stereocenters. The number of hydrogen-bond acceptors (Lipinski definition) is 3. The SMILES string of the molecule is CN=C(NCCSC)NCC(C)CN1CCCC1. The minimum Gasteiger partial charge on any atom is -0.356 e. The highest BCUT2D eigenvalue weighted by atomic mass is 32.2. The minimum absolute atomic E-state index is 0.669. The fraction of sp³-hybridized carbons (Fsp3) is 0.923. The van der Waals surface area contributed by atoms with E-state index in [1.807, 2.05) is 18.8 Å². The topological polar surface area (TPSA) is 39.7 Å². The van der Waals surface area contributed by atoms with Crippen LogP contribution in [0.15, 0.2) is 4.99 Å². The van der Waals surface area contributed by atoms with E-state index in [2.05, 4.69) is 33.7 Å². The molecule has 0 aromatic carbocycles. The number of thioether (sulfide) groups is 1. The molecule has 0 saturated carbocycles. The molecule has 2 N–H and O–H groups in total. The van der Waals surface area contributed by atoms with Crippen LogP contribution in [0.2, 0.25) is 0 Å². The molecule has 0 radical (unpaired) electrons. The average Bonchev–Trinajstić information content (AvgIpc) is 2.86. The molecule has 0 aromatic heterocycles. The monoisotopic (exact) mass is 272 g/mol. The predicted molar refractivity (Wildman–Crippen MR) is 82.6 cm³/mol. The summed E-state index contributed by atoms with van der Waals surface area (Å²) < 4.78 is 0. The quantitative estimate of drug-likeness (QED) is 0.416. The lowest BCUT2D eigenvalue weighted by molar-refractivity contribution is 0.287. The van der Waals surface area contributed by atoms with Crippen LogP contribution >= 0.6 is 11.8 Å². The number of nitrogens with zero attached hydrogens (tertiary/aromatic N) is 2. The highest BCUT2D eigenvalue weighted by molar-refractivity contribution is 7.98. The van der Waals surface area contributed by atoms with E-state index in [0.717, 1.165) is 24.8 Å². The average molecular weight is 272 g/mol. The van der Waals surface area contributed by atoms with Crippen LogP contribution in [-0.2, 0) is 0 Å². The number of hydrogen-bond donors (Lipinski definition) is 2. The van der Waals surface area contributed by atoms with Crippen LogP contribution in [0.4, 0.5) is 0 Å². The van der Waals surface area contributed by atoms with Gasteiger partial charge in [-0.05, 0) is 38.1 Å². The van der Waals surface area contributed by atoms with Gasteiger partial charge in [-0.1, -0.05) is 6.92 Å². The van der Waals surface area contributed by atoms with Crippen molar-refractivity contribution in [2.75, 3.05) is 51.8 Å². The second kappa shape index (κ2) is 9.50. The van der Waals surface area contributed by atoms with Crippen LogP contribution in [0, 0.1) is 5.92 Å². The zero-order chi connectivity index (χ0) is 13.2. The molecule has 1 saturated heterocycles. The Morgan fingerprint density at radius 3 is 2.67 bits per heavy atom. The van der Waals surface area contributed by atoms with Crippen LogP contribution in [-0.4, -0.2) is 62.6 Å². The Morgan fingerprint density at radius 2 is 2.06 bits per heavy atom. The maximum absolute atomic E-state index is 4.24. The van der Waals surface area contributed by atoms with E-state index in [4.69, 9.17) is 0 Å². The van der Waals surface area contributed by atoms with Gasteiger partial charge in [0.2, 0.25) is 0 Å². The Morgan fingerprint density at radius 1 is 1.33 bits per heavy atom. The molecule has 5 heteroatoms. The maximum atomic E-state index is 4.24. The van der Waals surface area contributed by atoms with Crippen molar-refractivity contribution in [3.8, 4) is 0 Å². The summed E-state index contributed by atoms with van der Waals surface area (Å²) in [6.45, 7) is 8.04. The molecule has 0 spiro atoms. The third-order valence-corrected chi connectivity index (χ3v) is 3.82. The lowest BCUT2D eigenvalue weighted by Crippen LogP contribution is -2.42. The second-order valence-corrected chi connectivity index (χ2v) is 5.97. The first-order valence-electron chi connectivity index (χ1n) is 6.92. The van der Waals surface area contributed by atoms with Crippen molar-refractivity contribution in [2.45, 2.75) is 19.8 Å². The number of nitrogens with one attached hydrogen (secondary N) is 2. The van der Waals surface area contributed by atoms with Crippen molar-refractivity contribution in [3.63, 3.8) is 0 Å².